The molecule has 1 fully saturated rings. The molecule has 1 atom stereocenters. The van der Waals surface area contributed by atoms with Gasteiger partial charge in [0.15, 0.2) is 0 Å². The topological polar surface area (TPSA) is 49.9 Å². The average Bonchev–Trinajstić information content (AvgIpc) is 2.74. The molecule has 0 aliphatic carbocycles. The molecule has 1 amide bonds. The Morgan fingerprint density at radius 2 is 1.95 bits per heavy atom. The van der Waals surface area contributed by atoms with Gasteiger partial charge in [0.2, 0.25) is 5.91 Å². The van der Waals surface area contributed by atoms with Gasteiger partial charge in [-0.1, -0.05) is 0 Å². The van der Waals surface area contributed by atoms with E-state index in [0.29, 0.717) is 6.42 Å². The maximum atomic E-state index is 12.1. The molecule has 1 saturated heterocycles. The molecule has 1 heterocycles. The van der Waals surface area contributed by atoms with Gasteiger partial charge in [-0.05, 0) is 53.1 Å². The van der Waals surface area contributed by atoms with E-state index in [1.807, 2.05) is 20.8 Å². The van der Waals surface area contributed by atoms with Gasteiger partial charge in [-0.25, -0.2) is 0 Å². The number of nitrogens with zero attached hydrogens (tertiary/aromatic N) is 2. The van der Waals surface area contributed by atoms with E-state index in [0.717, 1.165) is 32.4 Å². The third-order valence-corrected chi connectivity index (χ3v) is 3.38. The predicted molar refractivity (Wildman–Crippen MR) is 78.4 cm³/mol. The van der Waals surface area contributed by atoms with Crippen LogP contribution in [0.3, 0.4) is 0 Å². The van der Waals surface area contributed by atoms with Gasteiger partial charge in [0.05, 0.1) is 0 Å². The van der Waals surface area contributed by atoms with Crippen LogP contribution in [0.15, 0.2) is 0 Å². The van der Waals surface area contributed by atoms with Crippen molar-refractivity contribution in [2.75, 3.05) is 27.2 Å². The smallest absolute Gasteiger partial charge is 0.323 e. The zero-order chi connectivity index (χ0) is 15.3. The molecule has 5 heteroatoms. The maximum Gasteiger partial charge on any atom is 0.323 e. The number of carbonyl (C=O) groups excluding carboxylic acids is 2. The van der Waals surface area contributed by atoms with Gasteiger partial charge in [-0.2, -0.15) is 0 Å². The maximum absolute atomic E-state index is 12.1. The fourth-order valence-electron chi connectivity index (χ4n) is 2.39. The van der Waals surface area contributed by atoms with Crippen LogP contribution in [0.5, 0.6) is 0 Å². The van der Waals surface area contributed by atoms with Gasteiger partial charge in [-0.15, -0.1) is 0 Å². The van der Waals surface area contributed by atoms with E-state index in [9.17, 15) is 9.59 Å². The molecule has 1 aliphatic heterocycles. The number of rotatable bonds is 5. The SMILES string of the molecule is CN(C)C(=O)CCCN1CCC[C@H]1C(=O)OC(C)(C)C. The molecule has 5 nitrogen and oxygen atoms in total. The minimum Gasteiger partial charge on any atom is -0.459 e. The summed E-state index contributed by atoms with van der Waals surface area (Å²) in [6.07, 6.45) is 3.20. The molecule has 0 spiro atoms. The molecule has 0 aromatic rings. The summed E-state index contributed by atoms with van der Waals surface area (Å²) in [6, 6.07) is -0.135. The minimum atomic E-state index is -0.438. The Balaban J connectivity index is 2.41. The number of hydrogen-bond donors (Lipinski definition) is 0. The number of carbonyl (C=O) groups is 2. The van der Waals surface area contributed by atoms with E-state index in [-0.39, 0.29) is 17.9 Å². The Bertz CT molecular complexity index is 348. The van der Waals surface area contributed by atoms with E-state index < -0.39 is 5.60 Å². The van der Waals surface area contributed by atoms with E-state index >= 15 is 0 Å². The second kappa shape index (κ2) is 7.07. The van der Waals surface area contributed by atoms with Crippen LogP contribution in [-0.2, 0) is 14.3 Å². The van der Waals surface area contributed by atoms with Crippen LogP contribution in [0.25, 0.3) is 0 Å². The van der Waals surface area contributed by atoms with Crippen LogP contribution in [0, 0.1) is 0 Å². The number of amides is 1. The van der Waals surface area contributed by atoms with E-state index in [1.54, 1.807) is 19.0 Å². The van der Waals surface area contributed by atoms with Crippen LogP contribution in [0.2, 0.25) is 0 Å². The van der Waals surface area contributed by atoms with Crippen LogP contribution in [0.4, 0.5) is 0 Å². The normalized spacial score (nSPS) is 19.9. The third kappa shape index (κ3) is 5.49. The van der Waals surface area contributed by atoms with E-state index in [4.69, 9.17) is 4.74 Å². The second-order valence-electron chi connectivity index (χ2n) is 6.62. The molecule has 0 aromatic heterocycles. The van der Waals surface area contributed by atoms with Gasteiger partial charge < -0.3 is 9.64 Å². The van der Waals surface area contributed by atoms with Gasteiger partial charge in [0.1, 0.15) is 11.6 Å². The molecule has 116 valence electrons. The molecular formula is C15H28N2O3. The highest BCUT2D eigenvalue weighted by Crippen LogP contribution is 2.21. The van der Waals surface area contributed by atoms with Crippen molar-refractivity contribution < 1.29 is 14.3 Å². The molecule has 1 rings (SSSR count). The van der Waals surface area contributed by atoms with Gasteiger partial charge >= 0.3 is 5.97 Å². The fourth-order valence-corrected chi connectivity index (χ4v) is 2.39. The van der Waals surface area contributed by atoms with Gasteiger partial charge in [0.25, 0.3) is 0 Å². The first-order valence-corrected chi connectivity index (χ1v) is 7.38. The molecule has 0 aromatic carbocycles. The van der Waals surface area contributed by atoms with Gasteiger partial charge in [-0.3, -0.25) is 14.5 Å². The number of ether oxygens (including phenoxy) is 1. The summed E-state index contributed by atoms with van der Waals surface area (Å²) in [7, 11) is 3.53. The van der Waals surface area contributed by atoms with Crippen molar-refractivity contribution in [2.24, 2.45) is 0 Å². The Labute approximate surface area is 122 Å². The lowest BCUT2D eigenvalue weighted by atomic mass is 10.1. The molecule has 0 N–H and O–H groups in total. The Morgan fingerprint density at radius 1 is 1.30 bits per heavy atom. The molecule has 0 unspecified atom stereocenters. The molecule has 1 aliphatic rings. The summed E-state index contributed by atoms with van der Waals surface area (Å²) in [5.74, 6) is 0.00644. The predicted octanol–water partition coefficient (Wildman–Crippen LogP) is 1.66. The lowest BCUT2D eigenvalue weighted by Crippen LogP contribution is -2.41. The lowest BCUT2D eigenvalue weighted by Gasteiger charge is -2.27. The highest BCUT2D eigenvalue weighted by atomic mass is 16.6. The van der Waals surface area contributed by atoms with Crippen LogP contribution in [-0.4, -0.2) is 60.5 Å². The second-order valence-corrected chi connectivity index (χ2v) is 6.62. The average molecular weight is 284 g/mol. The van der Waals surface area contributed by atoms with Crippen molar-refractivity contribution in [3.63, 3.8) is 0 Å². The van der Waals surface area contributed by atoms with Crippen LogP contribution < -0.4 is 0 Å². The zero-order valence-corrected chi connectivity index (χ0v) is 13.4. The van der Waals surface area contributed by atoms with Crippen LogP contribution in [0.1, 0.15) is 46.5 Å². The summed E-state index contributed by atoms with van der Waals surface area (Å²) >= 11 is 0. The number of hydrogen-bond acceptors (Lipinski definition) is 4. The Hall–Kier alpha value is -1.10. The zero-order valence-electron chi connectivity index (χ0n) is 13.4. The summed E-state index contributed by atoms with van der Waals surface area (Å²) in [5, 5.41) is 0. The number of esters is 1. The minimum absolute atomic E-state index is 0.131. The molecule has 0 radical (unpaired) electrons. The highest BCUT2D eigenvalue weighted by molar-refractivity contribution is 5.77. The van der Waals surface area contributed by atoms with Crippen LogP contribution >= 0.6 is 0 Å². The Morgan fingerprint density at radius 3 is 2.50 bits per heavy atom. The first-order chi connectivity index (χ1) is 9.20. The fraction of sp³-hybridized carbons (Fsp3) is 0.867. The Kier molecular flexibility index (Phi) is 5.99. The van der Waals surface area contributed by atoms with Crippen molar-refractivity contribution in [3.05, 3.63) is 0 Å². The third-order valence-electron chi connectivity index (χ3n) is 3.38. The summed E-state index contributed by atoms with van der Waals surface area (Å²) < 4.78 is 5.46. The van der Waals surface area contributed by atoms with Crippen molar-refractivity contribution in [1.29, 1.82) is 0 Å². The summed E-state index contributed by atoms with van der Waals surface area (Å²) in [5.41, 5.74) is -0.438. The van der Waals surface area contributed by atoms with Crippen molar-refractivity contribution in [2.45, 2.75) is 58.1 Å². The highest BCUT2D eigenvalue weighted by Gasteiger charge is 2.33. The monoisotopic (exact) mass is 284 g/mol. The molecule has 20 heavy (non-hydrogen) atoms. The molecular weight excluding hydrogens is 256 g/mol. The van der Waals surface area contributed by atoms with Crippen molar-refractivity contribution in [1.82, 2.24) is 9.80 Å². The summed E-state index contributed by atoms with van der Waals surface area (Å²) in [4.78, 5) is 27.4. The first kappa shape index (κ1) is 17.0. The first-order valence-electron chi connectivity index (χ1n) is 7.38. The van der Waals surface area contributed by atoms with E-state index in [2.05, 4.69) is 4.90 Å². The van der Waals surface area contributed by atoms with Gasteiger partial charge in [0, 0.05) is 20.5 Å². The summed E-state index contributed by atoms with van der Waals surface area (Å²) in [6.45, 7) is 7.36. The van der Waals surface area contributed by atoms with Crippen molar-refractivity contribution >= 4 is 11.9 Å². The van der Waals surface area contributed by atoms with E-state index in [1.165, 1.54) is 0 Å². The quantitative estimate of drug-likeness (QED) is 0.721. The molecule has 0 saturated carbocycles. The van der Waals surface area contributed by atoms with Crippen molar-refractivity contribution in [3.8, 4) is 0 Å². The standard InChI is InChI=1S/C15H28N2O3/c1-15(2,3)20-14(19)12-8-6-10-17(12)11-7-9-13(18)16(4)5/h12H,6-11H2,1-5H3/t12-/m0/s1. The lowest BCUT2D eigenvalue weighted by molar-refractivity contribution is -0.160. The molecule has 0 bridgehead atoms. The number of likely N-dealkylation sites (tertiary alicyclic amines) is 1. The largest absolute Gasteiger partial charge is 0.459 e.